The fraction of sp³-hybridized carbons (Fsp3) is 0.290. The minimum atomic E-state index is -1.11. The van der Waals surface area contributed by atoms with Crippen LogP contribution in [0.2, 0.25) is 10.0 Å². The first-order valence-corrected chi connectivity index (χ1v) is 16.4. The highest BCUT2D eigenvalue weighted by Gasteiger charge is 2.19. The predicted molar refractivity (Wildman–Crippen MR) is 182 cm³/mol. The molecular formula is C31H32Cl2N6O9S. The number of aromatic nitrogens is 3. The summed E-state index contributed by atoms with van der Waals surface area (Å²) >= 11 is 13.8. The lowest BCUT2D eigenvalue weighted by Gasteiger charge is -2.17. The number of hydrogen-bond acceptors (Lipinski definition) is 13. The highest BCUT2D eigenvalue weighted by Crippen LogP contribution is 2.35. The molecule has 5 N–H and O–H groups in total. The van der Waals surface area contributed by atoms with Crippen molar-refractivity contribution in [3.05, 3.63) is 76.0 Å². The third-order valence-electron chi connectivity index (χ3n) is 6.23. The summed E-state index contributed by atoms with van der Waals surface area (Å²) in [5.41, 5.74) is 1.40. The molecule has 2 heterocycles. The normalized spacial score (nSPS) is 10.8. The summed E-state index contributed by atoms with van der Waals surface area (Å²) in [5.74, 6) is -0.325. The van der Waals surface area contributed by atoms with Crippen LogP contribution < -0.4 is 16.0 Å². The summed E-state index contributed by atoms with van der Waals surface area (Å²) in [7, 11) is 0. The van der Waals surface area contributed by atoms with E-state index in [2.05, 4.69) is 30.9 Å². The molecule has 49 heavy (non-hydrogen) atoms. The Morgan fingerprint density at radius 1 is 1.00 bits per heavy atom. The Labute approximate surface area is 294 Å². The average molecular weight is 736 g/mol. The van der Waals surface area contributed by atoms with Crippen LogP contribution in [0.25, 0.3) is 11.3 Å². The molecule has 0 saturated heterocycles. The van der Waals surface area contributed by atoms with Crippen LogP contribution in [0.15, 0.2) is 58.1 Å². The number of carbonyl (C=O) groups is 3. The number of oxazole rings is 1. The first kappa shape index (κ1) is 37.2. The summed E-state index contributed by atoms with van der Waals surface area (Å²) < 4.78 is 21.1. The van der Waals surface area contributed by atoms with Crippen LogP contribution in [-0.4, -0.2) is 88.5 Å². The number of benzene rings is 2. The molecule has 0 radical (unpaired) electrons. The molecule has 0 atom stereocenters. The molecule has 0 bridgehead atoms. The van der Waals surface area contributed by atoms with E-state index in [-0.39, 0.29) is 45.1 Å². The third kappa shape index (κ3) is 11.8. The van der Waals surface area contributed by atoms with E-state index in [1.165, 1.54) is 24.0 Å². The van der Waals surface area contributed by atoms with E-state index >= 15 is 0 Å². The average Bonchev–Trinajstić information content (AvgIpc) is 3.53. The molecule has 0 unspecified atom stereocenters. The number of halogens is 2. The molecule has 0 aliphatic carbocycles. The Balaban J connectivity index is 1.41. The van der Waals surface area contributed by atoms with Crippen molar-refractivity contribution in [3.8, 4) is 11.3 Å². The van der Waals surface area contributed by atoms with Crippen LogP contribution in [-0.2, 0) is 25.5 Å². The van der Waals surface area contributed by atoms with Crippen molar-refractivity contribution in [1.29, 1.82) is 0 Å². The molecular weight excluding hydrogens is 703 g/mol. The summed E-state index contributed by atoms with van der Waals surface area (Å²) in [4.78, 5) is 47.9. The maximum Gasteiger partial charge on any atom is 0.407 e. The Kier molecular flexibility index (Phi) is 14.3. The van der Waals surface area contributed by atoms with Gasteiger partial charge in [0.25, 0.3) is 0 Å². The van der Waals surface area contributed by atoms with Crippen molar-refractivity contribution in [3.63, 3.8) is 0 Å². The zero-order valence-electron chi connectivity index (χ0n) is 26.0. The number of alkyl carbamates (subject to hydrolysis) is 1. The first-order valence-electron chi connectivity index (χ1n) is 14.6. The predicted octanol–water partition coefficient (Wildman–Crippen LogP) is 5.74. The number of rotatable bonds is 19. The van der Waals surface area contributed by atoms with Gasteiger partial charge in [0.15, 0.2) is 11.6 Å². The lowest BCUT2D eigenvalue weighted by Crippen LogP contribution is -2.27. The number of hydrogen-bond donors (Lipinski definition) is 5. The van der Waals surface area contributed by atoms with E-state index in [0.717, 1.165) is 0 Å². The summed E-state index contributed by atoms with van der Waals surface area (Å²) in [6, 6.07) is 11.4. The molecule has 0 aliphatic heterocycles. The Morgan fingerprint density at radius 2 is 1.78 bits per heavy atom. The van der Waals surface area contributed by atoms with E-state index in [4.69, 9.17) is 46.9 Å². The van der Waals surface area contributed by atoms with Crippen LogP contribution in [0, 0.1) is 6.92 Å². The van der Waals surface area contributed by atoms with E-state index in [1.807, 2.05) is 0 Å². The van der Waals surface area contributed by atoms with Crippen molar-refractivity contribution in [1.82, 2.24) is 20.3 Å². The molecule has 2 aromatic heterocycles. The van der Waals surface area contributed by atoms with Crippen molar-refractivity contribution < 1.29 is 43.2 Å². The van der Waals surface area contributed by atoms with E-state index in [1.54, 1.807) is 43.3 Å². The van der Waals surface area contributed by atoms with E-state index in [9.17, 15) is 19.5 Å². The van der Waals surface area contributed by atoms with Crippen molar-refractivity contribution in [2.24, 2.45) is 0 Å². The van der Waals surface area contributed by atoms with Crippen molar-refractivity contribution in [2.45, 2.75) is 18.5 Å². The maximum absolute atomic E-state index is 12.1. The Bertz CT molecular complexity index is 1760. The molecule has 4 aromatic rings. The topological polar surface area (TPSA) is 207 Å². The van der Waals surface area contributed by atoms with Gasteiger partial charge in [-0.15, -0.1) is 11.8 Å². The van der Waals surface area contributed by atoms with Gasteiger partial charge in [0, 0.05) is 22.9 Å². The van der Waals surface area contributed by atoms with Crippen molar-refractivity contribution in [2.75, 3.05) is 56.0 Å². The number of anilines is 3. The van der Waals surface area contributed by atoms with Crippen LogP contribution in [0.3, 0.4) is 0 Å². The monoisotopic (exact) mass is 734 g/mol. The number of para-hydroxylation sites is 1. The highest BCUT2D eigenvalue weighted by molar-refractivity contribution is 7.99. The fourth-order valence-corrected chi connectivity index (χ4v) is 5.39. The fourth-order valence-electron chi connectivity index (χ4n) is 4.10. The lowest BCUT2D eigenvalue weighted by atomic mass is 10.2. The maximum atomic E-state index is 12.1. The minimum absolute atomic E-state index is 0.00400. The second kappa shape index (κ2) is 18.8. The molecule has 0 fully saturated rings. The molecule has 2 aromatic carbocycles. The largest absolute Gasteiger partial charge is 0.480 e. The number of amides is 1. The Hall–Kier alpha value is -4.61. The number of carbonyl (C=O) groups excluding carboxylic acids is 1. The number of nitrogens with one attached hydrogen (secondary N) is 3. The van der Waals surface area contributed by atoms with Crippen molar-refractivity contribution >= 4 is 70.2 Å². The number of nitrogens with zero attached hydrogens (tertiary/aromatic N) is 3. The second-order valence-electron chi connectivity index (χ2n) is 9.84. The van der Waals surface area contributed by atoms with Gasteiger partial charge < -0.3 is 44.8 Å². The SMILES string of the molecule is Cc1nc(Nc2ccccc2C(=O)O)c(NCc2ncc(-c3cc(Cl)ccc3Cl)o2)c(SCCNC(=O)OCCOCCOCC(=O)O)n1. The molecule has 4 rings (SSSR count). The van der Waals surface area contributed by atoms with Gasteiger partial charge in [-0.1, -0.05) is 35.3 Å². The molecule has 0 spiro atoms. The van der Waals surface area contributed by atoms with Gasteiger partial charge in [-0.05, 0) is 37.3 Å². The number of aromatic carboxylic acids is 1. The van der Waals surface area contributed by atoms with Gasteiger partial charge in [-0.2, -0.15) is 0 Å². The molecule has 0 aliphatic rings. The third-order valence-corrected chi connectivity index (χ3v) is 7.77. The molecule has 0 saturated carbocycles. The standard InChI is InChI=1S/C31H32Cl2N6O9S/c1-18-37-28(39-23-5-3-2-4-20(23)30(42)43)27(36-16-25-35-15-24(48-25)21-14-19(32)6-7-22(21)33)29(38-18)49-13-8-34-31(44)47-12-11-45-9-10-46-17-26(40)41/h2-7,14-15,36H,8-13,16-17H2,1H3,(H,34,44)(H,40,41)(H,42,43)(H,37,38,39). The van der Waals surface area contributed by atoms with Gasteiger partial charge >= 0.3 is 18.0 Å². The van der Waals surface area contributed by atoms with Gasteiger partial charge in [0.1, 0.15) is 29.8 Å². The summed E-state index contributed by atoms with van der Waals surface area (Å²) in [5, 5.41) is 28.7. The zero-order valence-corrected chi connectivity index (χ0v) is 28.4. The summed E-state index contributed by atoms with van der Waals surface area (Å²) in [6.07, 6.45) is 0.891. The van der Waals surface area contributed by atoms with Gasteiger partial charge in [0.05, 0.1) is 48.8 Å². The Morgan fingerprint density at radius 3 is 2.57 bits per heavy atom. The molecule has 15 nitrogen and oxygen atoms in total. The first-order chi connectivity index (χ1) is 23.6. The lowest BCUT2D eigenvalue weighted by molar-refractivity contribution is -0.142. The zero-order chi connectivity index (χ0) is 35.2. The van der Waals surface area contributed by atoms with Crippen LogP contribution in [0.1, 0.15) is 22.1 Å². The second-order valence-corrected chi connectivity index (χ2v) is 11.8. The van der Waals surface area contributed by atoms with Gasteiger partial charge in [-0.25, -0.2) is 29.3 Å². The summed E-state index contributed by atoms with van der Waals surface area (Å²) in [6.45, 7) is 2.00. The number of thioether (sulfide) groups is 1. The minimum Gasteiger partial charge on any atom is -0.480 e. The van der Waals surface area contributed by atoms with Crippen LogP contribution in [0.4, 0.5) is 22.0 Å². The quantitative estimate of drug-likeness (QED) is 0.0442. The molecule has 260 valence electrons. The van der Waals surface area contributed by atoms with E-state index < -0.39 is 24.6 Å². The van der Waals surface area contributed by atoms with Crippen LogP contribution >= 0.6 is 35.0 Å². The number of aliphatic carboxylic acids is 1. The number of carboxylic acid groups (broad SMARTS) is 2. The van der Waals surface area contributed by atoms with E-state index in [0.29, 0.717) is 61.1 Å². The number of aryl methyl sites for hydroxylation is 1. The highest BCUT2D eigenvalue weighted by atomic mass is 35.5. The smallest absolute Gasteiger partial charge is 0.407 e. The van der Waals surface area contributed by atoms with Gasteiger partial charge in [-0.3, -0.25) is 0 Å². The number of carboxylic acids is 2. The number of ether oxygens (including phenoxy) is 3. The molecule has 18 heteroatoms. The molecule has 1 amide bonds. The van der Waals surface area contributed by atoms with Gasteiger partial charge in [0.2, 0.25) is 5.89 Å². The van der Waals surface area contributed by atoms with Crippen LogP contribution in [0.5, 0.6) is 0 Å².